The van der Waals surface area contributed by atoms with Gasteiger partial charge in [0.1, 0.15) is 0 Å². The van der Waals surface area contributed by atoms with Gasteiger partial charge in [-0.05, 0) is 25.7 Å². The largest absolute Gasteiger partial charge is 0.380 e. The van der Waals surface area contributed by atoms with Gasteiger partial charge < -0.3 is 10.5 Å². The first-order chi connectivity index (χ1) is 8.16. The number of hydrogen-bond donors (Lipinski definition) is 1. The lowest BCUT2D eigenvalue weighted by Crippen LogP contribution is -2.52. The normalized spacial score (nSPS) is 30.7. The maximum atomic E-state index is 12.5. The summed E-state index contributed by atoms with van der Waals surface area (Å²) in [5.74, 6) is 0. The topological polar surface area (TPSA) is 72.6 Å². The minimum atomic E-state index is -3.22. The summed E-state index contributed by atoms with van der Waals surface area (Å²) in [6.45, 7) is 2.08. The molecule has 2 fully saturated rings. The first-order valence-electron chi connectivity index (χ1n) is 6.44. The van der Waals surface area contributed by atoms with Crippen molar-refractivity contribution in [2.45, 2.75) is 43.4 Å². The van der Waals surface area contributed by atoms with Crippen LogP contribution >= 0.6 is 12.4 Å². The SMILES string of the molecule is Cl.NCC1CCCCN1S(=O)(=O)C1CCCOC1. The van der Waals surface area contributed by atoms with Crippen LogP contribution in [0.5, 0.6) is 0 Å². The number of halogens is 1. The third kappa shape index (κ3) is 3.36. The molecule has 0 aliphatic carbocycles. The van der Waals surface area contributed by atoms with E-state index in [0.29, 0.717) is 26.3 Å². The summed E-state index contributed by atoms with van der Waals surface area (Å²) in [4.78, 5) is 0. The van der Waals surface area contributed by atoms with E-state index in [9.17, 15) is 8.42 Å². The standard InChI is InChI=1S/C11H22N2O3S.ClH/c12-8-10-4-1-2-6-13(10)17(14,15)11-5-3-7-16-9-11;/h10-11H,1-9,12H2;1H. The molecule has 0 spiro atoms. The Labute approximate surface area is 116 Å². The fourth-order valence-corrected chi connectivity index (χ4v) is 4.79. The summed E-state index contributed by atoms with van der Waals surface area (Å²) in [5, 5.41) is -0.358. The van der Waals surface area contributed by atoms with E-state index in [1.165, 1.54) is 0 Å². The number of ether oxygens (including phenoxy) is 1. The molecule has 0 bridgehead atoms. The monoisotopic (exact) mass is 298 g/mol. The van der Waals surface area contributed by atoms with Crippen molar-refractivity contribution >= 4 is 22.4 Å². The van der Waals surface area contributed by atoms with Gasteiger partial charge in [0.15, 0.2) is 0 Å². The maximum Gasteiger partial charge on any atom is 0.219 e. The Balaban J connectivity index is 0.00000162. The van der Waals surface area contributed by atoms with E-state index >= 15 is 0 Å². The Kier molecular flexibility index (Phi) is 6.34. The molecule has 18 heavy (non-hydrogen) atoms. The molecule has 2 heterocycles. The van der Waals surface area contributed by atoms with E-state index in [0.717, 1.165) is 32.1 Å². The minimum Gasteiger partial charge on any atom is -0.380 e. The summed E-state index contributed by atoms with van der Waals surface area (Å²) in [6, 6.07) is -0.00400. The molecule has 7 heteroatoms. The number of piperidine rings is 1. The lowest BCUT2D eigenvalue weighted by molar-refractivity contribution is 0.0962. The van der Waals surface area contributed by atoms with Crippen molar-refractivity contribution in [3.63, 3.8) is 0 Å². The first kappa shape index (κ1) is 16.2. The highest BCUT2D eigenvalue weighted by molar-refractivity contribution is 7.89. The van der Waals surface area contributed by atoms with Crippen LogP contribution in [-0.2, 0) is 14.8 Å². The van der Waals surface area contributed by atoms with E-state index < -0.39 is 10.0 Å². The summed E-state index contributed by atoms with van der Waals surface area (Å²) in [7, 11) is -3.22. The van der Waals surface area contributed by atoms with Gasteiger partial charge in [-0.1, -0.05) is 6.42 Å². The highest BCUT2D eigenvalue weighted by Crippen LogP contribution is 2.25. The molecule has 2 unspecified atom stereocenters. The van der Waals surface area contributed by atoms with Crippen LogP contribution in [0.1, 0.15) is 32.1 Å². The highest BCUT2D eigenvalue weighted by atomic mass is 35.5. The van der Waals surface area contributed by atoms with Crippen molar-refractivity contribution in [2.24, 2.45) is 5.73 Å². The minimum absolute atomic E-state index is 0. The van der Waals surface area contributed by atoms with Crippen molar-refractivity contribution < 1.29 is 13.2 Å². The van der Waals surface area contributed by atoms with Crippen LogP contribution in [0.2, 0.25) is 0 Å². The Hall–Kier alpha value is 0.120. The van der Waals surface area contributed by atoms with Gasteiger partial charge in [-0.2, -0.15) is 4.31 Å². The number of hydrogen-bond acceptors (Lipinski definition) is 4. The molecule has 2 aliphatic rings. The molecule has 2 aliphatic heterocycles. The second-order valence-electron chi connectivity index (χ2n) is 4.88. The summed E-state index contributed by atoms with van der Waals surface area (Å²) >= 11 is 0. The Morgan fingerprint density at radius 1 is 1.22 bits per heavy atom. The van der Waals surface area contributed by atoms with Gasteiger partial charge in [0, 0.05) is 25.7 Å². The molecule has 0 aromatic rings. The van der Waals surface area contributed by atoms with Crippen LogP contribution in [-0.4, -0.2) is 50.3 Å². The average molecular weight is 299 g/mol. The first-order valence-corrected chi connectivity index (χ1v) is 7.95. The molecule has 0 aromatic carbocycles. The molecular weight excluding hydrogens is 276 g/mol. The van der Waals surface area contributed by atoms with Crippen LogP contribution in [0.3, 0.4) is 0 Å². The quantitative estimate of drug-likeness (QED) is 0.834. The Morgan fingerprint density at radius 3 is 2.61 bits per heavy atom. The second-order valence-corrected chi connectivity index (χ2v) is 7.05. The van der Waals surface area contributed by atoms with Crippen LogP contribution in [0.25, 0.3) is 0 Å². The van der Waals surface area contributed by atoms with Gasteiger partial charge >= 0.3 is 0 Å². The van der Waals surface area contributed by atoms with Crippen molar-refractivity contribution in [3.05, 3.63) is 0 Å². The zero-order valence-corrected chi connectivity index (χ0v) is 12.2. The second kappa shape index (κ2) is 7.05. The lowest BCUT2D eigenvalue weighted by atomic mass is 10.1. The maximum absolute atomic E-state index is 12.5. The third-order valence-electron chi connectivity index (χ3n) is 3.71. The summed E-state index contributed by atoms with van der Waals surface area (Å²) < 4.78 is 31.9. The van der Waals surface area contributed by atoms with Gasteiger partial charge in [-0.3, -0.25) is 0 Å². The predicted octanol–water partition coefficient (Wildman–Crippen LogP) is 0.730. The van der Waals surface area contributed by atoms with Crippen LogP contribution in [0.4, 0.5) is 0 Å². The molecule has 108 valence electrons. The molecule has 0 aromatic heterocycles. The zero-order chi connectivity index (χ0) is 12.3. The van der Waals surface area contributed by atoms with Gasteiger partial charge in [-0.25, -0.2) is 8.42 Å². The van der Waals surface area contributed by atoms with Gasteiger partial charge in [0.05, 0.1) is 11.9 Å². The third-order valence-corrected chi connectivity index (χ3v) is 6.06. The fourth-order valence-electron chi connectivity index (χ4n) is 2.68. The summed E-state index contributed by atoms with van der Waals surface area (Å²) in [6.07, 6.45) is 4.48. The van der Waals surface area contributed by atoms with E-state index in [-0.39, 0.29) is 23.7 Å². The van der Waals surface area contributed by atoms with Crippen LogP contribution < -0.4 is 5.73 Å². The Morgan fingerprint density at radius 2 is 2.00 bits per heavy atom. The number of nitrogens with two attached hydrogens (primary N) is 1. The van der Waals surface area contributed by atoms with Gasteiger partial charge in [-0.15, -0.1) is 12.4 Å². The van der Waals surface area contributed by atoms with E-state index in [1.807, 2.05) is 0 Å². The molecule has 0 amide bonds. The average Bonchev–Trinajstić information content (AvgIpc) is 2.39. The van der Waals surface area contributed by atoms with Crippen molar-refractivity contribution in [2.75, 3.05) is 26.3 Å². The molecule has 2 atom stereocenters. The van der Waals surface area contributed by atoms with E-state index in [2.05, 4.69) is 0 Å². The van der Waals surface area contributed by atoms with Crippen molar-refractivity contribution in [1.82, 2.24) is 4.31 Å². The molecule has 2 saturated heterocycles. The molecule has 2 N–H and O–H groups in total. The van der Waals surface area contributed by atoms with Gasteiger partial charge in [0.25, 0.3) is 0 Å². The lowest BCUT2D eigenvalue weighted by Gasteiger charge is -2.37. The number of sulfonamides is 1. The van der Waals surface area contributed by atoms with E-state index in [4.69, 9.17) is 10.5 Å². The smallest absolute Gasteiger partial charge is 0.219 e. The van der Waals surface area contributed by atoms with Crippen LogP contribution in [0, 0.1) is 0 Å². The molecule has 0 radical (unpaired) electrons. The predicted molar refractivity (Wildman–Crippen MR) is 73.4 cm³/mol. The number of nitrogens with zero attached hydrogens (tertiary/aromatic N) is 1. The molecule has 0 saturated carbocycles. The number of rotatable bonds is 3. The van der Waals surface area contributed by atoms with Crippen molar-refractivity contribution in [1.29, 1.82) is 0 Å². The Bertz CT molecular complexity index is 344. The van der Waals surface area contributed by atoms with Crippen molar-refractivity contribution in [3.8, 4) is 0 Å². The summed E-state index contributed by atoms with van der Waals surface area (Å²) in [5.41, 5.74) is 5.68. The molecular formula is C11H23ClN2O3S. The zero-order valence-electron chi connectivity index (χ0n) is 10.6. The molecule has 5 nitrogen and oxygen atoms in total. The fraction of sp³-hybridized carbons (Fsp3) is 1.00. The molecule has 2 rings (SSSR count). The highest BCUT2D eigenvalue weighted by Gasteiger charge is 2.38. The van der Waals surface area contributed by atoms with Gasteiger partial charge in [0.2, 0.25) is 10.0 Å². The van der Waals surface area contributed by atoms with E-state index in [1.54, 1.807) is 4.31 Å². The van der Waals surface area contributed by atoms with Crippen LogP contribution in [0.15, 0.2) is 0 Å².